The van der Waals surface area contributed by atoms with Gasteiger partial charge in [0.15, 0.2) is 0 Å². The predicted octanol–water partition coefficient (Wildman–Crippen LogP) is 2.27. The minimum Gasteiger partial charge on any atom is -0.496 e. The second-order valence-electron chi connectivity index (χ2n) is 7.05. The zero-order valence-corrected chi connectivity index (χ0v) is 16.6. The van der Waals surface area contributed by atoms with Crippen LogP contribution in [0.5, 0.6) is 5.75 Å². The molecule has 2 aromatic rings. The molecule has 1 aliphatic heterocycles. The summed E-state index contributed by atoms with van der Waals surface area (Å²) in [5.41, 5.74) is 2.62. The topological polar surface area (TPSA) is 96.6 Å². The zero-order valence-electron chi connectivity index (χ0n) is 16.6. The first kappa shape index (κ1) is 19.7. The molecule has 150 valence electrons. The minimum atomic E-state index is -0.726. The number of ether oxygens (including phenoxy) is 2. The number of fused-ring (bicyclic) bond motifs is 1. The largest absolute Gasteiger partial charge is 0.496 e. The quantitative estimate of drug-likeness (QED) is 0.769. The van der Waals surface area contributed by atoms with Crippen molar-refractivity contribution < 1.29 is 19.1 Å². The number of methoxy groups -OCH3 is 2. The number of urea groups is 1. The number of carbonyl (C=O) groups excluding carboxylic acids is 2. The van der Waals surface area contributed by atoms with Gasteiger partial charge in [-0.2, -0.15) is 0 Å². The van der Waals surface area contributed by atoms with E-state index in [0.717, 1.165) is 17.0 Å². The fraction of sp³-hybridized carbons (Fsp3) is 0.450. The van der Waals surface area contributed by atoms with Gasteiger partial charge in [0.2, 0.25) is 0 Å². The molecule has 0 spiro atoms. The van der Waals surface area contributed by atoms with Gasteiger partial charge in [-0.3, -0.25) is 0 Å². The molecule has 8 heteroatoms. The standard InChI is InChI=1S/C20H26N4O4/c1-12(2)16(19(25)28-4)23-20(26)24-10-9-14-17(22-11-21-14)18(24)13-7-5-6-8-15(13)27-3/h5-8,11-12,16,18H,9-10H2,1-4H3,(H,21,22)(H,23,26)/t16-,18-/m0/s1. The first-order chi connectivity index (χ1) is 13.5. The monoisotopic (exact) mass is 386 g/mol. The molecule has 0 bridgehead atoms. The molecule has 1 aromatic heterocycles. The van der Waals surface area contributed by atoms with Crippen LogP contribution in [0.1, 0.15) is 36.8 Å². The Balaban J connectivity index is 1.97. The number of rotatable bonds is 5. The Bertz CT molecular complexity index is 848. The second-order valence-corrected chi connectivity index (χ2v) is 7.05. The van der Waals surface area contributed by atoms with Gasteiger partial charge in [0, 0.05) is 24.2 Å². The van der Waals surface area contributed by atoms with Gasteiger partial charge in [-0.25, -0.2) is 14.6 Å². The van der Waals surface area contributed by atoms with Crippen LogP contribution in [0.4, 0.5) is 4.79 Å². The third-order valence-electron chi connectivity index (χ3n) is 5.02. The second kappa shape index (κ2) is 8.33. The highest BCUT2D eigenvalue weighted by Crippen LogP contribution is 2.37. The number of hydrogen-bond donors (Lipinski definition) is 2. The Labute approximate surface area is 164 Å². The van der Waals surface area contributed by atoms with E-state index in [9.17, 15) is 9.59 Å². The molecular formula is C20H26N4O4. The number of nitrogens with one attached hydrogen (secondary N) is 2. The van der Waals surface area contributed by atoms with Crippen LogP contribution in [-0.4, -0.2) is 53.7 Å². The lowest BCUT2D eigenvalue weighted by atomic mass is 9.95. The summed E-state index contributed by atoms with van der Waals surface area (Å²) in [5, 5.41) is 2.83. The first-order valence-electron chi connectivity index (χ1n) is 9.28. The van der Waals surface area contributed by atoms with Gasteiger partial charge in [-0.1, -0.05) is 32.0 Å². The molecule has 2 N–H and O–H groups in total. The van der Waals surface area contributed by atoms with Gasteiger partial charge in [-0.15, -0.1) is 0 Å². The number of esters is 1. The molecule has 0 saturated carbocycles. The van der Waals surface area contributed by atoms with Crippen molar-refractivity contribution in [2.45, 2.75) is 32.4 Å². The molecule has 1 aliphatic rings. The van der Waals surface area contributed by atoms with Crippen LogP contribution < -0.4 is 10.1 Å². The molecule has 0 saturated heterocycles. The van der Waals surface area contributed by atoms with Crippen molar-refractivity contribution in [2.75, 3.05) is 20.8 Å². The summed E-state index contributed by atoms with van der Waals surface area (Å²) < 4.78 is 10.4. The number of hydrogen-bond acceptors (Lipinski definition) is 5. The molecule has 0 unspecified atom stereocenters. The minimum absolute atomic E-state index is 0.105. The van der Waals surface area contributed by atoms with Crippen LogP contribution in [0.2, 0.25) is 0 Å². The molecule has 8 nitrogen and oxygen atoms in total. The number of carbonyl (C=O) groups is 2. The third-order valence-corrected chi connectivity index (χ3v) is 5.02. The summed E-state index contributed by atoms with van der Waals surface area (Å²) in [6.07, 6.45) is 2.29. The zero-order chi connectivity index (χ0) is 20.3. The lowest BCUT2D eigenvalue weighted by Gasteiger charge is -2.36. The Morgan fingerprint density at radius 3 is 2.71 bits per heavy atom. The van der Waals surface area contributed by atoms with Crippen molar-refractivity contribution in [1.29, 1.82) is 0 Å². The summed E-state index contributed by atoms with van der Waals surface area (Å²) in [6.45, 7) is 4.21. The van der Waals surface area contributed by atoms with Gasteiger partial charge in [0.1, 0.15) is 17.8 Å². The molecule has 1 aromatic carbocycles. The van der Waals surface area contributed by atoms with E-state index in [4.69, 9.17) is 9.47 Å². The van der Waals surface area contributed by atoms with E-state index < -0.39 is 18.1 Å². The number of nitrogens with zero attached hydrogens (tertiary/aromatic N) is 2. The van der Waals surface area contributed by atoms with E-state index >= 15 is 0 Å². The molecule has 0 aliphatic carbocycles. The number of amides is 2. The summed E-state index contributed by atoms with van der Waals surface area (Å²) in [7, 11) is 2.92. The smallest absolute Gasteiger partial charge is 0.328 e. The Kier molecular flexibility index (Phi) is 5.87. The fourth-order valence-corrected chi connectivity index (χ4v) is 3.54. The average molecular weight is 386 g/mol. The number of aromatic amines is 1. The molecule has 0 fully saturated rings. The number of aromatic nitrogens is 2. The van der Waals surface area contributed by atoms with Gasteiger partial charge in [-0.05, 0) is 12.0 Å². The van der Waals surface area contributed by atoms with Crippen LogP contribution >= 0.6 is 0 Å². The van der Waals surface area contributed by atoms with Crippen LogP contribution in [0, 0.1) is 5.92 Å². The summed E-state index contributed by atoms with van der Waals surface area (Å²) in [5.74, 6) is 0.107. The van der Waals surface area contributed by atoms with E-state index in [1.807, 2.05) is 38.1 Å². The van der Waals surface area contributed by atoms with Gasteiger partial charge in [0.05, 0.1) is 26.2 Å². The van der Waals surface area contributed by atoms with Gasteiger partial charge in [0.25, 0.3) is 0 Å². The molecule has 0 radical (unpaired) electrons. The van der Waals surface area contributed by atoms with E-state index in [2.05, 4.69) is 15.3 Å². The molecule has 2 atom stereocenters. The average Bonchev–Trinajstić information content (AvgIpc) is 3.19. The van der Waals surface area contributed by atoms with Gasteiger partial charge >= 0.3 is 12.0 Å². The normalized spacial score (nSPS) is 17.0. The first-order valence-corrected chi connectivity index (χ1v) is 9.28. The number of benzene rings is 1. The van der Waals surface area contributed by atoms with Crippen molar-refractivity contribution in [3.8, 4) is 5.75 Å². The Morgan fingerprint density at radius 2 is 2.04 bits per heavy atom. The maximum atomic E-state index is 13.2. The third kappa shape index (κ3) is 3.67. The maximum absolute atomic E-state index is 13.2. The Morgan fingerprint density at radius 1 is 1.29 bits per heavy atom. The van der Waals surface area contributed by atoms with E-state index in [1.54, 1.807) is 18.3 Å². The fourth-order valence-electron chi connectivity index (χ4n) is 3.54. The number of imidazole rings is 1. The van der Waals surface area contributed by atoms with Crippen molar-refractivity contribution in [2.24, 2.45) is 5.92 Å². The molecule has 2 amide bonds. The predicted molar refractivity (Wildman–Crippen MR) is 103 cm³/mol. The van der Waals surface area contributed by atoms with E-state index in [1.165, 1.54) is 7.11 Å². The van der Waals surface area contributed by atoms with Crippen molar-refractivity contribution in [1.82, 2.24) is 20.2 Å². The number of para-hydroxylation sites is 1. The van der Waals surface area contributed by atoms with E-state index in [0.29, 0.717) is 18.7 Å². The summed E-state index contributed by atoms with van der Waals surface area (Å²) >= 11 is 0. The van der Waals surface area contributed by atoms with Crippen LogP contribution in [0.15, 0.2) is 30.6 Å². The SMILES string of the molecule is COC(=O)[C@@H](NC(=O)N1CCc2[nH]cnc2[C@@H]1c1ccccc1OC)C(C)C. The summed E-state index contributed by atoms with van der Waals surface area (Å²) in [4.78, 5) is 34.6. The van der Waals surface area contributed by atoms with Crippen LogP contribution in [0.3, 0.4) is 0 Å². The highest BCUT2D eigenvalue weighted by Gasteiger charge is 2.37. The maximum Gasteiger partial charge on any atom is 0.328 e. The van der Waals surface area contributed by atoms with Crippen LogP contribution in [0.25, 0.3) is 0 Å². The highest BCUT2D eigenvalue weighted by molar-refractivity contribution is 5.84. The Hall–Kier alpha value is -3.03. The van der Waals surface area contributed by atoms with Crippen molar-refractivity contribution in [3.63, 3.8) is 0 Å². The highest BCUT2D eigenvalue weighted by atomic mass is 16.5. The lowest BCUT2D eigenvalue weighted by Crippen LogP contribution is -2.53. The summed E-state index contributed by atoms with van der Waals surface area (Å²) in [6, 6.07) is 6.08. The van der Waals surface area contributed by atoms with Crippen molar-refractivity contribution >= 4 is 12.0 Å². The molecule has 3 rings (SSSR count). The molecule has 28 heavy (non-hydrogen) atoms. The van der Waals surface area contributed by atoms with E-state index in [-0.39, 0.29) is 11.9 Å². The number of H-pyrrole nitrogens is 1. The van der Waals surface area contributed by atoms with Gasteiger partial charge < -0.3 is 24.7 Å². The lowest BCUT2D eigenvalue weighted by molar-refractivity contribution is -0.144. The van der Waals surface area contributed by atoms with Crippen molar-refractivity contribution in [3.05, 3.63) is 47.5 Å². The molecular weight excluding hydrogens is 360 g/mol. The van der Waals surface area contributed by atoms with Crippen LogP contribution in [-0.2, 0) is 16.0 Å². The molecule has 2 heterocycles.